The second kappa shape index (κ2) is 70.0. The molecule has 434 valence electrons. The lowest BCUT2D eigenvalue weighted by atomic mass is 10.5. The van der Waals surface area contributed by atoms with E-state index in [-0.39, 0.29) is 0 Å². The van der Waals surface area contributed by atoms with Crippen LogP contribution in [-0.4, -0.2) is 304 Å². The van der Waals surface area contributed by atoms with Crippen molar-refractivity contribution in [1.82, 2.24) is 0 Å². The number of hydrogen-bond acceptors (Lipinski definition) is 24. The zero-order valence-corrected chi connectivity index (χ0v) is 44.1. The van der Waals surface area contributed by atoms with Crippen molar-refractivity contribution in [1.29, 1.82) is 0 Å². The number of ether oxygens (including phenoxy) is 22. The Bertz CT molecular complexity index is 864. The summed E-state index contributed by atoms with van der Waals surface area (Å²) in [6.07, 6.45) is 1.73. The van der Waals surface area contributed by atoms with Gasteiger partial charge in [-0.1, -0.05) is 0 Å². The van der Waals surface area contributed by atoms with Gasteiger partial charge in [0.1, 0.15) is 0 Å². The Morgan fingerprint density at radius 2 is 0.181 bits per heavy atom. The molecule has 0 heterocycles. The van der Waals surface area contributed by atoms with Gasteiger partial charge in [-0.15, -0.1) is 0 Å². The van der Waals surface area contributed by atoms with Gasteiger partial charge in [0.2, 0.25) is 0 Å². The Labute approximate surface area is 431 Å². The molecule has 4 N–H and O–H groups in total. The summed E-state index contributed by atoms with van der Waals surface area (Å²) in [5.74, 6) is 0. The van der Waals surface area contributed by atoms with Crippen LogP contribution >= 0.6 is 0 Å². The zero-order valence-electron chi connectivity index (χ0n) is 44.1. The van der Waals surface area contributed by atoms with E-state index in [4.69, 9.17) is 116 Å². The molecule has 72 heavy (non-hydrogen) atoms. The molecule has 0 rings (SSSR count). The first-order chi connectivity index (χ1) is 35.9. The lowest BCUT2D eigenvalue weighted by molar-refractivity contribution is -0.0317. The highest BCUT2D eigenvalue weighted by atomic mass is 16.6. The minimum Gasteiger partial charge on any atom is -0.379 e. The van der Waals surface area contributed by atoms with Gasteiger partial charge < -0.3 is 116 Å². The summed E-state index contributed by atoms with van der Waals surface area (Å²) in [5.41, 5.74) is 10.8. The van der Waals surface area contributed by atoms with Crippen LogP contribution in [0.4, 0.5) is 0 Å². The molecule has 0 aromatic heterocycles. The average Bonchev–Trinajstić information content (AvgIpc) is 3.39. The number of rotatable bonds is 69. The fraction of sp³-hybridized carbons (Fsp3) is 1.00. The highest BCUT2D eigenvalue weighted by molar-refractivity contribution is 4.43. The molecule has 0 spiro atoms. The SMILES string of the molecule is NCCCOCCOCCOCCOCCOCCOCCOCCOCCOCCOCCOCCOCCOCCOCCOCCOCCOCCOCCOCCOCCOCCOCCCN. The zero-order chi connectivity index (χ0) is 51.5. The van der Waals surface area contributed by atoms with E-state index >= 15 is 0 Å². The van der Waals surface area contributed by atoms with Gasteiger partial charge in [0.15, 0.2) is 0 Å². The molecule has 24 heteroatoms. The normalized spacial score (nSPS) is 11.8. The van der Waals surface area contributed by atoms with Crippen LogP contribution in [0.5, 0.6) is 0 Å². The smallest absolute Gasteiger partial charge is 0.0701 e. The van der Waals surface area contributed by atoms with Crippen molar-refractivity contribution in [2.24, 2.45) is 11.5 Å². The van der Waals surface area contributed by atoms with E-state index < -0.39 is 0 Å². The van der Waals surface area contributed by atoms with E-state index in [1.807, 2.05) is 0 Å². The van der Waals surface area contributed by atoms with Crippen LogP contribution in [0, 0.1) is 0 Å². The van der Waals surface area contributed by atoms with Gasteiger partial charge >= 0.3 is 0 Å². The fourth-order valence-electron chi connectivity index (χ4n) is 5.09. The fourth-order valence-corrected chi connectivity index (χ4v) is 5.09. The van der Waals surface area contributed by atoms with Crippen LogP contribution in [0.2, 0.25) is 0 Å². The first-order valence-corrected chi connectivity index (χ1v) is 26.0. The third-order valence-corrected chi connectivity index (χ3v) is 8.80. The van der Waals surface area contributed by atoms with Crippen molar-refractivity contribution in [2.75, 3.05) is 304 Å². The molecule has 0 saturated heterocycles. The van der Waals surface area contributed by atoms with Crippen molar-refractivity contribution in [3.8, 4) is 0 Å². The van der Waals surface area contributed by atoms with Gasteiger partial charge in [-0.3, -0.25) is 0 Å². The van der Waals surface area contributed by atoms with Crippen LogP contribution in [0.3, 0.4) is 0 Å². The lowest BCUT2D eigenvalue weighted by Crippen LogP contribution is -2.16. The van der Waals surface area contributed by atoms with Crippen molar-refractivity contribution in [3.63, 3.8) is 0 Å². The van der Waals surface area contributed by atoms with E-state index in [2.05, 4.69) is 0 Å². The van der Waals surface area contributed by atoms with E-state index in [0.29, 0.717) is 304 Å². The molecule has 0 aromatic rings. The Morgan fingerprint density at radius 1 is 0.111 bits per heavy atom. The first-order valence-electron chi connectivity index (χ1n) is 26.0. The van der Waals surface area contributed by atoms with Crippen molar-refractivity contribution in [3.05, 3.63) is 0 Å². The Kier molecular flexibility index (Phi) is 69.1. The van der Waals surface area contributed by atoms with Crippen LogP contribution in [0.15, 0.2) is 0 Å². The van der Waals surface area contributed by atoms with Crippen LogP contribution in [0.1, 0.15) is 12.8 Å². The molecule has 0 aromatic carbocycles. The Balaban J connectivity index is 3.07. The third kappa shape index (κ3) is 69.0. The molecule has 0 aliphatic carbocycles. The topological polar surface area (TPSA) is 255 Å². The molecule has 24 nitrogen and oxygen atoms in total. The Morgan fingerprint density at radius 3 is 0.250 bits per heavy atom. The maximum atomic E-state index is 5.52. The predicted molar refractivity (Wildman–Crippen MR) is 265 cm³/mol. The van der Waals surface area contributed by atoms with Crippen molar-refractivity contribution >= 4 is 0 Å². The second-order valence-corrected chi connectivity index (χ2v) is 14.8. The van der Waals surface area contributed by atoms with Gasteiger partial charge in [-0.2, -0.15) is 0 Å². The summed E-state index contributed by atoms with van der Waals surface area (Å²) in [6, 6.07) is 0. The summed E-state index contributed by atoms with van der Waals surface area (Å²) in [7, 11) is 0. The monoisotopic (exact) mass is 1060 g/mol. The average molecular weight is 1060 g/mol. The van der Waals surface area contributed by atoms with Crippen LogP contribution < -0.4 is 11.5 Å². The largest absolute Gasteiger partial charge is 0.379 e. The molecular formula is C48H100N2O22. The molecule has 0 fully saturated rings. The van der Waals surface area contributed by atoms with Crippen molar-refractivity contribution in [2.45, 2.75) is 12.8 Å². The highest BCUT2D eigenvalue weighted by Crippen LogP contribution is 1.91. The van der Waals surface area contributed by atoms with E-state index in [0.717, 1.165) is 12.8 Å². The van der Waals surface area contributed by atoms with Crippen LogP contribution in [0.25, 0.3) is 0 Å². The number of nitrogens with two attached hydrogens (primary N) is 2. The van der Waals surface area contributed by atoms with E-state index in [1.54, 1.807) is 0 Å². The van der Waals surface area contributed by atoms with Gasteiger partial charge in [0.25, 0.3) is 0 Å². The molecule has 0 aliphatic heterocycles. The molecule has 0 amide bonds. The van der Waals surface area contributed by atoms with E-state index in [1.165, 1.54) is 0 Å². The molecule has 0 radical (unpaired) electrons. The molecule has 0 saturated carbocycles. The standard InChI is InChI=1S/C48H100N2O22/c49-3-1-5-51-7-9-53-11-13-55-15-17-57-19-21-59-23-25-61-27-29-63-31-33-65-35-37-67-39-41-69-43-45-71-47-48-72-46-44-70-42-40-68-38-36-66-34-32-64-30-28-62-26-24-60-22-20-58-18-16-56-14-12-54-10-8-52-6-2-4-50/h1-50H2. The number of hydrogen-bond donors (Lipinski definition) is 2. The first kappa shape index (κ1) is 71.0. The molecule has 0 unspecified atom stereocenters. The summed E-state index contributed by atoms with van der Waals surface area (Å²) in [5, 5.41) is 0. The van der Waals surface area contributed by atoms with Gasteiger partial charge in [0.05, 0.1) is 277 Å². The summed E-state index contributed by atoms with van der Waals surface area (Å²) in [4.78, 5) is 0. The van der Waals surface area contributed by atoms with E-state index in [9.17, 15) is 0 Å². The quantitative estimate of drug-likeness (QED) is 0.0763. The molecule has 0 atom stereocenters. The van der Waals surface area contributed by atoms with Gasteiger partial charge in [-0.05, 0) is 25.9 Å². The van der Waals surface area contributed by atoms with Gasteiger partial charge in [-0.25, -0.2) is 0 Å². The van der Waals surface area contributed by atoms with Crippen molar-refractivity contribution < 1.29 is 104 Å². The predicted octanol–water partition coefficient (Wildman–Crippen LogP) is 0.0492. The molecule has 0 bridgehead atoms. The molecule has 0 aliphatic rings. The summed E-state index contributed by atoms with van der Waals surface area (Å²) < 4.78 is 121. The lowest BCUT2D eigenvalue weighted by Gasteiger charge is -2.09. The second-order valence-electron chi connectivity index (χ2n) is 14.8. The highest BCUT2D eigenvalue weighted by Gasteiger charge is 2.00. The third-order valence-electron chi connectivity index (χ3n) is 8.80. The maximum absolute atomic E-state index is 5.52. The summed E-state index contributed by atoms with van der Waals surface area (Å²) >= 11 is 0. The summed E-state index contributed by atoms with van der Waals surface area (Å²) in [6.45, 7) is 23.9. The maximum Gasteiger partial charge on any atom is 0.0701 e. The minimum atomic E-state index is 0.489. The molecular weight excluding hydrogens is 957 g/mol. The van der Waals surface area contributed by atoms with Crippen LogP contribution in [-0.2, 0) is 104 Å². The Hall–Kier alpha value is -0.960. The van der Waals surface area contributed by atoms with Gasteiger partial charge in [0, 0.05) is 13.2 Å². The minimum absolute atomic E-state index is 0.489.